The molecular formula is C4H8Si. The van der Waals surface area contributed by atoms with Gasteiger partial charge in [-0.1, -0.05) is 10.4 Å². The summed E-state index contributed by atoms with van der Waals surface area (Å²) in [5.41, 5.74) is 0. The van der Waals surface area contributed by atoms with Gasteiger partial charge in [0.1, 0.15) is 0 Å². The minimum absolute atomic E-state index is 0.349. The topological polar surface area (TPSA) is 0 Å². The van der Waals surface area contributed by atoms with Crippen LogP contribution in [0.25, 0.3) is 0 Å². The van der Waals surface area contributed by atoms with Crippen LogP contribution in [0.5, 0.6) is 0 Å². The van der Waals surface area contributed by atoms with Gasteiger partial charge in [-0.25, -0.2) is 0 Å². The molecule has 0 saturated carbocycles. The van der Waals surface area contributed by atoms with Crippen LogP contribution in [0.4, 0.5) is 0 Å². The third-order valence-corrected chi connectivity index (χ3v) is 2.90. The van der Waals surface area contributed by atoms with E-state index in [-0.39, 0.29) is 0 Å². The SMILES string of the molecule is CC1=C(C)[SiH2]1. The second kappa shape index (κ2) is 0.715. The first-order chi connectivity index (χ1) is 2.30. The molecule has 5 heavy (non-hydrogen) atoms. The molecule has 0 aromatic carbocycles. The molecule has 0 saturated heterocycles. The van der Waals surface area contributed by atoms with E-state index in [9.17, 15) is 0 Å². The van der Waals surface area contributed by atoms with Crippen LogP contribution < -0.4 is 0 Å². The van der Waals surface area contributed by atoms with Crippen LogP contribution in [-0.4, -0.2) is 9.52 Å². The van der Waals surface area contributed by atoms with Crippen molar-refractivity contribution in [1.29, 1.82) is 0 Å². The van der Waals surface area contributed by atoms with Crippen molar-refractivity contribution in [3.63, 3.8) is 0 Å². The Labute approximate surface area is 34.7 Å². The maximum atomic E-state index is 2.24. The lowest BCUT2D eigenvalue weighted by Crippen LogP contribution is -1.51. The Morgan fingerprint density at radius 2 is 1.40 bits per heavy atom. The molecule has 0 spiro atoms. The van der Waals surface area contributed by atoms with E-state index in [0.29, 0.717) is 9.52 Å². The molecule has 0 radical (unpaired) electrons. The Morgan fingerprint density at radius 3 is 1.40 bits per heavy atom. The molecule has 0 bridgehead atoms. The van der Waals surface area contributed by atoms with Crippen LogP contribution in [0, 0.1) is 0 Å². The van der Waals surface area contributed by atoms with Crippen molar-refractivity contribution < 1.29 is 0 Å². The van der Waals surface area contributed by atoms with E-state index in [1.165, 1.54) is 0 Å². The molecular weight excluding hydrogens is 76.1 g/mol. The minimum atomic E-state index is 0.349. The third kappa shape index (κ3) is 0.427. The predicted octanol–water partition coefficient (Wildman–Crippen LogP) is 0.420. The first-order valence-corrected chi connectivity index (χ1v) is 3.37. The molecule has 0 aromatic rings. The molecule has 28 valence electrons. The van der Waals surface area contributed by atoms with Crippen molar-refractivity contribution in [3.05, 3.63) is 10.4 Å². The van der Waals surface area contributed by atoms with E-state index >= 15 is 0 Å². The summed E-state index contributed by atoms with van der Waals surface area (Å²) in [5, 5.41) is 3.45. The van der Waals surface area contributed by atoms with Gasteiger partial charge in [0.25, 0.3) is 0 Å². The van der Waals surface area contributed by atoms with Crippen LogP contribution in [0.2, 0.25) is 0 Å². The van der Waals surface area contributed by atoms with Gasteiger partial charge in [0.15, 0.2) is 0 Å². The summed E-state index contributed by atoms with van der Waals surface area (Å²) in [7, 11) is 0.349. The van der Waals surface area contributed by atoms with E-state index in [0.717, 1.165) is 0 Å². The van der Waals surface area contributed by atoms with Gasteiger partial charge in [-0.2, -0.15) is 0 Å². The summed E-state index contributed by atoms with van der Waals surface area (Å²) in [4.78, 5) is 0. The Morgan fingerprint density at radius 1 is 1.20 bits per heavy atom. The van der Waals surface area contributed by atoms with Gasteiger partial charge in [0.2, 0.25) is 0 Å². The monoisotopic (exact) mass is 84.0 g/mol. The number of allylic oxidation sites excluding steroid dienone is 2. The lowest BCUT2D eigenvalue weighted by atomic mass is 10.6. The zero-order chi connectivity index (χ0) is 3.86. The smallest absolute Gasteiger partial charge is 0.0754 e. The van der Waals surface area contributed by atoms with Gasteiger partial charge < -0.3 is 0 Å². The molecule has 0 fully saturated rings. The first kappa shape index (κ1) is 3.16. The van der Waals surface area contributed by atoms with Gasteiger partial charge in [-0.05, 0) is 13.8 Å². The summed E-state index contributed by atoms with van der Waals surface area (Å²) in [6.07, 6.45) is 0. The van der Waals surface area contributed by atoms with Crippen LogP contribution in [0.15, 0.2) is 10.4 Å². The number of hydrogen-bond acceptors (Lipinski definition) is 0. The van der Waals surface area contributed by atoms with Crippen LogP contribution in [0.3, 0.4) is 0 Å². The van der Waals surface area contributed by atoms with Crippen molar-refractivity contribution in [2.24, 2.45) is 0 Å². The average Bonchev–Trinajstić information content (AvgIpc) is 1.79. The highest BCUT2D eigenvalue weighted by atomic mass is 28.2. The Hall–Kier alpha value is -0.0431. The maximum absolute atomic E-state index is 2.24. The third-order valence-electron chi connectivity index (χ3n) is 1.13. The minimum Gasteiger partial charge on any atom is -0.0911 e. The zero-order valence-corrected chi connectivity index (χ0v) is 5.12. The van der Waals surface area contributed by atoms with Crippen LogP contribution in [0.1, 0.15) is 13.8 Å². The summed E-state index contributed by atoms with van der Waals surface area (Å²) < 4.78 is 0. The highest BCUT2D eigenvalue weighted by Gasteiger charge is 2.08. The van der Waals surface area contributed by atoms with Gasteiger partial charge >= 0.3 is 0 Å². The molecule has 0 amide bonds. The second-order valence-corrected chi connectivity index (χ2v) is 4.21. The summed E-state index contributed by atoms with van der Waals surface area (Å²) in [6, 6.07) is 0. The predicted molar refractivity (Wildman–Crippen MR) is 26.9 cm³/mol. The Bertz CT molecular complexity index is 71.6. The van der Waals surface area contributed by atoms with Gasteiger partial charge in [0.05, 0.1) is 9.52 Å². The average molecular weight is 84.2 g/mol. The normalized spacial score (nSPS) is 20.4. The van der Waals surface area contributed by atoms with Gasteiger partial charge in [-0.15, -0.1) is 0 Å². The molecule has 1 aliphatic heterocycles. The molecule has 0 unspecified atom stereocenters. The Kier molecular flexibility index (Phi) is 0.452. The standard InChI is InChI=1S/C4H8Si/c1-3-4(2)5-3/h5H2,1-2H3. The van der Waals surface area contributed by atoms with Gasteiger partial charge in [-0.3, -0.25) is 0 Å². The van der Waals surface area contributed by atoms with E-state index in [1.54, 1.807) is 10.4 Å². The van der Waals surface area contributed by atoms with E-state index in [2.05, 4.69) is 13.8 Å². The lowest BCUT2D eigenvalue weighted by Gasteiger charge is -1.49. The molecule has 0 atom stereocenters. The lowest BCUT2D eigenvalue weighted by molar-refractivity contribution is 1.64. The number of rotatable bonds is 0. The van der Waals surface area contributed by atoms with Crippen molar-refractivity contribution in [3.8, 4) is 0 Å². The fraction of sp³-hybridized carbons (Fsp3) is 0.500. The Balaban J connectivity index is 2.59. The molecule has 1 rings (SSSR count). The molecule has 1 heterocycles. The van der Waals surface area contributed by atoms with E-state index in [1.807, 2.05) is 0 Å². The summed E-state index contributed by atoms with van der Waals surface area (Å²) >= 11 is 0. The van der Waals surface area contributed by atoms with Gasteiger partial charge in [0, 0.05) is 0 Å². The highest BCUT2D eigenvalue weighted by Crippen LogP contribution is 2.15. The highest BCUT2D eigenvalue weighted by molar-refractivity contribution is 6.66. The first-order valence-electron chi connectivity index (χ1n) is 1.96. The van der Waals surface area contributed by atoms with Crippen molar-refractivity contribution in [1.82, 2.24) is 0 Å². The fourth-order valence-corrected chi connectivity index (χ4v) is 1.06. The van der Waals surface area contributed by atoms with E-state index < -0.39 is 0 Å². The maximum Gasteiger partial charge on any atom is 0.0754 e. The summed E-state index contributed by atoms with van der Waals surface area (Å²) in [5.74, 6) is 0. The zero-order valence-electron chi connectivity index (χ0n) is 3.71. The molecule has 0 N–H and O–H groups in total. The number of hydrogen-bond donors (Lipinski definition) is 0. The second-order valence-electron chi connectivity index (χ2n) is 1.74. The quantitative estimate of drug-likeness (QED) is 0.373. The molecule has 1 heteroatoms. The van der Waals surface area contributed by atoms with E-state index in [4.69, 9.17) is 0 Å². The molecule has 0 aromatic heterocycles. The van der Waals surface area contributed by atoms with Crippen molar-refractivity contribution >= 4 is 9.52 Å². The molecule has 1 aliphatic rings. The van der Waals surface area contributed by atoms with Crippen LogP contribution >= 0.6 is 0 Å². The van der Waals surface area contributed by atoms with Crippen molar-refractivity contribution in [2.45, 2.75) is 13.8 Å². The largest absolute Gasteiger partial charge is 0.0911 e. The molecule has 0 aliphatic carbocycles. The van der Waals surface area contributed by atoms with Crippen LogP contribution in [-0.2, 0) is 0 Å². The van der Waals surface area contributed by atoms with Crippen molar-refractivity contribution in [2.75, 3.05) is 0 Å². The molecule has 0 nitrogen and oxygen atoms in total. The summed E-state index contributed by atoms with van der Waals surface area (Å²) in [6.45, 7) is 4.48. The fourth-order valence-electron chi connectivity index (χ4n) is 0.354.